The molecular formula is C19H27NO4. The first-order valence-corrected chi connectivity index (χ1v) is 7.57. The number of nitrogens with zero attached hydrogens (tertiary/aromatic N) is 1. The monoisotopic (exact) mass is 333 g/mol. The van der Waals surface area contributed by atoms with Gasteiger partial charge >= 0.3 is 5.97 Å². The fraction of sp³-hybridized carbons (Fsp3) is 0.368. The molecule has 0 fully saturated rings. The van der Waals surface area contributed by atoms with Crippen molar-refractivity contribution in [1.29, 1.82) is 0 Å². The molecule has 0 spiro atoms. The van der Waals surface area contributed by atoms with Gasteiger partial charge in [-0.2, -0.15) is 0 Å². The highest BCUT2D eigenvalue weighted by Crippen LogP contribution is 2.15. The van der Waals surface area contributed by atoms with E-state index in [2.05, 4.69) is 25.3 Å². The SMILES string of the molecule is C=C(C)C(=O)OC(C)[N+](C)(C)Cc1ccccc1.C=C(C)C(=O)[O-]. The van der Waals surface area contributed by atoms with Gasteiger partial charge < -0.3 is 14.6 Å². The molecule has 0 amide bonds. The normalized spacial score (nSPS) is 11.5. The lowest BCUT2D eigenvalue weighted by atomic mass is 10.2. The molecule has 0 saturated heterocycles. The molecule has 1 aromatic carbocycles. The minimum Gasteiger partial charge on any atom is -0.545 e. The zero-order chi connectivity index (χ0) is 18.9. The minimum absolute atomic E-state index is 0.0648. The molecule has 0 bridgehead atoms. The molecule has 0 aromatic heterocycles. The van der Waals surface area contributed by atoms with Crippen molar-refractivity contribution in [3.05, 3.63) is 60.2 Å². The van der Waals surface area contributed by atoms with E-state index in [4.69, 9.17) is 4.74 Å². The van der Waals surface area contributed by atoms with Crippen LogP contribution in [-0.2, 0) is 20.9 Å². The Hall–Kier alpha value is -2.40. The summed E-state index contributed by atoms with van der Waals surface area (Å²) in [4.78, 5) is 21.0. The molecule has 1 unspecified atom stereocenters. The van der Waals surface area contributed by atoms with Gasteiger partial charge in [0.2, 0.25) is 6.23 Å². The number of hydrogen-bond acceptors (Lipinski definition) is 4. The number of carboxylic acids is 1. The number of rotatable bonds is 6. The van der Waals surface area contributed by atoms with Crippen LogP contribution in [0.2, 0.25) is 0 Å². The van der Waals surface area contributed by atoms with E-state index in [1.165, 1.54) is 12.5 Å². The average molecular weight is 333 g/mol. The van der Waals surface area contributed by atoms with Gasteiger partial charge in [0.15, 0.2) is 0 Å². The van der Waals surface area contributed by atoms with Crippen LogP contribution in [0.25, 0.3) is 0 Å². The number of benzene rings is 1. The van der Waals surface area contributed by atoms with Gasteiger partial charge in [0.1, 0.15) is 6.54 Å². The third kappa shape index (κ3) is 8.29. The maximum atomic E-state index is 11.5. The van der Waals surface area contributed by atoms with Crippen LogP contribution in [0, 0.1) is 0 Å². The van der Waals surface area contributed by atoms with E-state index < -0.39 is 5.97 Å². The molecule has 1 aromatic rings. The second kappa shape index (κ2) is 9.67. The summed E-state index contributed by atoms with van der Waals surface area (Å²) in [5.41, 5.74) is 1.72. The standard InChI is InChI=1S/C15H22NO2.C4H6O2/c1-12(2)15(17)18-13(3)16(4,5)11-14-9-7-6-8-10-14;1-3(2)4(5)6/h6-10,13H,1,11H2,2-5H3;1H2,2H3,(H,5,6)/q+1;/p-1. The first kappa shape index (κ1) is 21.6. The fourth-order valence-electron chi connectivity index (χ4n) is 1.58. The Kier molecular flexibility index (Phi) is 8.71. The van der Waals surface area contributed by atoms with Crippen molar-refractivity contribution in [3.63, 3.8) is 0 Å². The number of aliphatic carboxylic acids is 1. The smallest absolute Gasteiger partial charge is 0.337 e. The molecule has 5 nitrogen and oxygen atoms in total. The summed E-state index contributed by atoms with van der Waals surface area (Å²) >= 11 is 0. The highest BCUT2D eigenvalue weighted by atomic mass is 16.6. The lowest BCUT2D eigenvalue weighted by Crippen LogP contribution is -2.48. The van der Waals surface area contributed by atoms with Crippen molar-refractivity contribution in [2.24, 2.45) is 0 Å². The molecule has 0 aliphatic carbocycles. The number of carbonyl (C=O) groups excluding carboxylic acids is 2. The molecule has 1 atom stereocenters. The van der Waals surface area contributed by atoms with E-state index in [-0.39, 0.29) is 17.8 Å². The van der Waals surface area contributed by atoms with Gasteiger partial charge in [0, 0.05) is 18.1 Å². The van der Waals surface area contributed by atoms with Gasteiger partial charge in [0.25, 0.3) is 0 Å². The summed E-state index contributed by atoms with van der Waals surface area (Å²) in [6.45, 7) is 12.4. The summed E-state index contributed by atoms with van der Waals surface area (Å²) in [5.74, 6) is -1.52. The third-order valence-electron chi connectivity index (χ3n) is 3.39. The van der Waals surface area contributed by atoms with Gasteiger partial charge in [-0.05, 0) is 19.4 Å². The Morgan fingerprint density at radius 3 is 1.96 bits per heavy atom. The van der Waals surface area contributed by atoms with Crippen molar-refractivity contribution < 1.29 is 23.9 Å². The molecule has 0 heterocycles. The molecule has 0 N–H and O–H groups in total. The molecule has 24 heavy (non-hydrogen) atoms. The average Bonchev–Trinajstić information content (AvgIpc) is 2.48. The van der Waals surface area contributed by atoms with E-state index in [0.29, 0.717) is 10.1 Å². The first-order chi connectivity index (χ1) is 11.0. The van der Waals surface area contributed by atoms with Crippen LogP contribution in [0.15, 0.2) is 54.6 Å². The number of esters is 1. The highest BCUT2D eigenvalue weighted by Gasteiger charge is 2.27. The molecule has 5 heteroatoms. The van der Waals surface area contributed by atoms with Crippen molar-refractivity contribution in [2.45, 2.75) is 33.5 Å². The summed E-state index contributed by atoms with van der Waals surface area (Å²) in [5, 5.41) is 9.49. The Morgan fingerprint density at radius 2 is 1.58 bits per heavy atom. The number of carbonyl (C=O) groups is 2. The third-order valence-corrected chi connectivity index (χ3v) is 3.39. The van der Waals surface area contributed by atoms with Crippen LogP contribution in [0.4, 0.5) is 0 Å². The van der Waals surface area contributed by atoms with Crippen LogP contribution < -0.4 is 5.11 Å². The van der Waals surface area contributed by atoms with Crippen LogP contribution in [0.1, 0.15) is 26.3 Å². The van der Waals surface area contributed by atoms with Crippen LogP contribution in [0.5, 0.6) is 0 Å². The van der Waals surface area contributed by atoms with Gasteiger partial charge in [-0.3, -0.25) is 4.48 Å². The largest absolute Gasteiger partial charge is 0.545 e. The zero-order valence-electron chi connectivity index (χ0n) is 15.2. The number of hydrogen-bond donors (Lipinski definition) is 0. The molecule has 0 aliphatic rings. The number of carboxylic acid groups (broad SMARTS) is 1. The van der Waals surface area contributed by atoms with Crippen molar-refractivity contribution in [2.75, 3.05) is 14.1 Å². The Labute approximate surface area is 144 Å². The fourth-order valence-corrected chi connectivity index (χ4v) is 1.58. The summed E-state index contributed by atoms with van der Waals surface area (Å²) < 4.78 is 5.97. The number of quaternary nitrogens is 1. The van der Waals surface area contributed by atoms with Crippen LogP contribution in [-0.4, -0.2) is 36.7 Å². The topological polar surface area (TPSA) is 66.4 Å². The summed E-state index contributed by atoms with van der Waals surface area (Å²) in [6, 6.07) is 10.2. The van der Waals surface area contributed by atoms with Gasteiger partial charge in [0.05, 0.1) is 20.1 Å². The Bertz CT molecular complexity index is 579. The van der Waals surface area contributed by atoms with Crippen molar-refractivity contribution in [1.82, 2.24) is 0 Å². The van der Waals surface area contributed by atoms with Gasteiger partial charge in [-0.15, -0.1) is 0 Å². The zero-order valence-corrected chi connectivity index (χ0v) is 15.2. The van der Waals surface area contributed by atoms with Gasteiger partial charge in [-0.1, -0.05) is 43.5 Å². The highest BCUT2D eigenvalue weighted by molar-refractivity contribution is 5.87. The lowest BCUT2D eigenvalue weighted by Gasteiger charge is -2.35. The van der Waals surface area contributed by atoms with E-state index in [0.717, 1.165) is 6.54 Å². The molecular weight excluding hydrogens is 306 g/mol. The quantitative estimate of drug-likeness (QED) is 0.346. The van der Waals surface area contributed by atoms with E-state index in [1.54, 1.807) is 6.92 Å². The predicted molar refractivity (Wildman–Crippen MR) is 92.4 cm³/mol. The maximum Gasteiger partial charge on any atom is 0.337 e. The molecule has 0 radical (unpaired) electrons. The molecule has 0 saturated carbocycles. The van der Waals surface area contributed by atoms with E-state index in [1.807, 2.05) is 39.2 Å². The second-order valence-corrected chi connectivity index (χ2v) is 6.28. The molecule has 0 aliphatic heterocycles. The summed E-state index contributed by atoms with van der Waals surface area (Å²) in [7, 11) is 4.09. The van der Waals surface area contributed by atoms with E-state index in [9.17, 15) is 14.7 Å². The number of ether oxygens (including phenoxy) is 1. The van der Waals surface area contributed by atoms with Crippen LogP contribution in [0.3, 0.4) is 0 Å². The lowest BCUT2D eigenvalue weighted by molar-refractivity contribution is -0.945. The Balaban J connectivity index is 0.000000754. The molecule has 1 rings (SSSR count). The van der Waals surface area contributed by atoms with Crippen LogP contribution >= 0.6 is 0 Å². The molecule has 132 valence electrons. The van der Waals surface area contributed by atoms with Gasteiger partial charge in [-0.25, -0.2) is 4.79 Å². The Morgan fingerprint density at radius 1 is 1.12 bits per heavy atom. The second-order valence-electron chi connectivity index (χ2n) is 6.28. The minimum atomic E-state index is -1.19. The summed E-state index contributed by atoms with van der Waals surface area (Å²) in [6.07, 6.45) is -0.214. The first-order valence-electron chi connectivity index (χ1n) is 7.57. The van der Waals surface area contributed by atoms with Crippen molar-refractivity contribution in [3.8, 4) is 0 Å². The maximum absolute atomic E-state index is 11.5. The van der Waals surface area contributed by atoms with Crippen molar-refractivity contribution >= 4 is 11.9 Å². The van der Waals surface area contributed by atoms with E-state index >= 15 is 0 Å². The predicted octanol–water partition coefficient (Wildman–Crippen LogP) is 2.04.